The zero-order valence-corrected chi connectivity index (χ0v) is 7.84. The van der Waals surface area contributed by atoms with Crippen molar-refractivity contribution in [3.63, 3.8) is 0 Å². The molecular weight excluding hydrogens is 150 g/mol. The van der Waals surface area contributed by atoms with Gasteiger partial charge in [0.25, 0.3) is 0 Å². The van der Waals surface area contributed by atoms with Gasteiger partial charge in [-0.3, -0.25) is 4.79 Å². The molecule has 0 radical (unpaired) electrons. The zero-order chi connectivity index (χ0) is 8.72. The molecular formula is C10H17NO. The van der Waals surface area contributed by atoms with Gasteiger partial charge in [0.1, 0.15) is 0 Å². The predicted molar refractivity (Wildman–Crippen MR) is 47.6 cm³/mol. The smallest absolute Gasteiger partial charge is 0.223 e. The van der Waals surface area contributed by atoms with Crippen LogP contribution in [0.25, 0.3) is 0 Å². The Balaban J connectivity index is 2.18. The molecule has 0 aromatic rings. The Morgan fingerprint density at radius 3 is 2.67 bits per heavy atom. The lowest BCUT2D eigenvalue weighted by Crippen LogP contribution is -2.46. The molecule has 1 N–H and O–H groups in total. The first kappa shape index (κ1) is 8.09. The fourth-order valence-electron chi connectivity index (χ4n) is 2.86. The van der Waals surface area contributed by atoms with Gasteiger partial charge >= 0.3 is 0 Å². The van der Waals surface area contributed by atoms with Gasteiger partial charge in [-0.05, 0) is 30.6 Å². The quantitative estimate of drug-likeness (QED) is 0.580. The minimum absolute atomic E-state index is 0.308. The molecule has 12 heavy (non-hydrogen) atoms. The highest BCUT2D eigenvalue weighted by atomic mass is 16.2. The summed E-state index contributed by atoms with van der Waals surface area (Å²) in [6.45, 7) is 5.37. The summed E-state index contributed by atoms with van der Waals surface area (Å²) >= 11 is 0. The number of carbonyl (C=O) groups is 1. The number of rotatable bonds is 0. The molecule has 2 fully saturated rings. The normalized spacial score (nSPS) is 47.0. The maximum atomic E-state index is 11.5. The Bertz CT molecular complexity index is 202. The van der Waals surface area contributed by atoms with Gasteiger partial charge in [-0.25, -0.2) is 0 Å². The maximum absolute atomic E-state index is 11.5. The van der Waals surface area contributed by atoms with Crippen molar-refractivity contribution < 1.29 is 4.79 Å². The SMILES string of the molecule is C[C@@H]1CNC(=O)C2C1CC[C@@H]2C. The topological polar surface area (TPSA) is 29.1 Å². The number of nitrogens with one attached hydrogen (secondary N) is 1. The van der Waals surface area contributed by atoms with E-state index in [4.69, 9.17) is 0 Å². The summed E-state index contributed by atoms with van der Waals surface area (Å²) in [7, 11) is 0. The van der Waals surface area contributed by atoms with Crippen LogP contribution in [0, 0.1) is 23.7 Å². The van der Waals surface area contributed by atoms with Crippen LogP contribution >= 0.6 is 0 Å². The Kier molecular flexibility index (Phi) is 1.85. The molecule has 4 atom stereocenters. The molecule has 2 nitrogen and oxygen atoms in total. The van der Waals surface area contributed by atoms with Gasteiger partial charge in [0.2, 0.25) is 5.91 Å². The number of amides is 1. The third-order valence-electron chi connectivity index (χ3n) is 3.66. The molecule has 0 aromatic carbocycles. The highest BCUT2D eigenvalue weighted by molar-refractivity contribution is 5.80. The number of carbonyl (C=O) groups excluding carboxylic acids is 1. The highest BCUT2D eigenvalue weighted by Crippen LogP contribution is 2.42. The third kappa shape index (κ3) is 1.05. The number of piperidine rings is 1. The molecule has 2 rings (SSSR count). The second-order valence-electron chi connectivity index (χ2n) is 4.47. The van der Waals surface area contributed by atoms with E-state index < -0.39 is 0 Å². The monoisotopic (exact) mass is 167 g/mol. The van der Waals surface area contributed by atoms with Crippen LogP contribution in [0.3, 0.4) is 0 Å². The third-order valence-corrected chi connectivity index (χ3v) is 3.66. The zero-order valence-electron chi connectivity index (χ0n) is 7.84. The van der Waals surface area contributed by atoms with Crippen molar-refractivity contribution >= 4 is 5.91 Å². The van der Waals surface area contributed by atoms with E-state index >= 15 is 0 Å². The van der Waals surface area contributed by atoms with Crippen molar-refractivity contribution in [1.29, 1.82) is 0 Å². The standard InChI is InChI=1S/C10H17NO/c1-6-3-4-8-7(2)5-11-10(12)9(6)8/h6-9H,3-5H2,1-2H3,(H,11,12)/t6-,7+,8?,9?/m0/s1. The molecule has 1 aliphatic heterocycles. The Morgan fingerprint density at radius 1 is 1.25 bits per heavy atom. The van der Waals surface area contributed by atoms with E-state index in [0.29, 0.717) is 29.6 Å². The molecule has 0 spiro atoms. The van der Waals surface area contributed by atoms with Gasteiger partial charge in [0.15, 0.2) is 0 Å². The number of hydrogen-bond donors (Lipinski definition) is 1. The summed E-state index contributed by atoms with van der Waals surface area (Å²) < 4.78 is 0. The average Bonchev–Trinajstić information content (AvgIpc) is 2.42. The molecule has 0 bridgehead atoms. The van der Waals surface area contributed by atoms with E-state index in [9.17, 15) is 4.79 Å². The lowest BCUT2D eigenvalue weighted by molar-refractivity contribution is -0.130. The predicted octanol–water partition coefficient (Wildman–Crippen LogP) is 1.41. The molecule has 1 saturated heterocycles. The highest BCUT2D eigenvalue weighted by Gasteiger charge is 2.43. The van der Waals surface area contributed by atoms with Gasteiger partial charge in [-0.1, -0.05) is 13.8 Å². The molecule has 1 aliphatic carbocycles. The van der Waals surface area contributed by atoms with Gasteiger partial charge in [-0.2, -0.15) is 0 Å². The van der Waals surface area contributed by atoms with Crippen molar-refractivity contribution in [1.82, 2.24) is 5.32 Å². The van der Waals surface area contributed by atoms with Crippen molar-refractivity contribution in [3.05, 3.63) is 0 Å². The molecule has 2 aliphatic rings. The van der Waals surface area contributed by atoms with Gasteiger partial charge in [0, 0.05) is 12.5 Å². The Morgan fingerprint density at radius 2 is 2.00 bits per heavy atom. The molecule has 68 valence electrons. The van der Waals surface area contributed by atoms with E-state index in [-0.39, 0.29) is 0 Å². The molecule has 1 saturated carbocycles. The van der Waals surface area contributed by atoms with Crippen molar-refractivity contribution in [2.75, 3.05) is 6.54 Å². The van der Waals surface area contributed by atoms with Crippen LogP contribution < -0.4 is 5.32 Å². The van der Waals surface area contributed by atoms with E-state index in [2.05, 4.69) is 19.2 Å². The van der Waals surface area contributed by atoms with Crippen molar-refractivity contribution in [3.8, 4) is 0 Å². The van der Waals surface area contributed by atoms with Gasteiger partial charge in [-0.15, -0.1) is 0 Å². The van der Waals surface area contributed by atoms with E-state index in [1.54, 1.807) is 0 Å². The number of fused-ring (bicyclic) bond motifs is 1. The first-order valence-corrected chi connectivity index (χ1v) is 4.98. The summed E-state index contributed by atoms with van der Waals surface area (Å²) in [5.74, 6) is 2.61. The second kappa shape index (κ2) is 2.75. The number of hydrogen-bond acceptors (Lipinski definition) is 1. The summed E-state index contributed by atoms with van der Waals surface area (Å²) in [5, 5.41) is 2.99. The van der Waals surface area contributed by atoms with Crippen LogP contribution in [0.1, 0.15) is 26.7 Å². The van der Waals surface area contributed by atoms with E-state index in [0.717, 1.165) is 6.54 Å². The van der Waals surface area contributed by atoms with Gasteiger partial charge in [0.05, 0.1) is 0 Å². The maximum Gasteiger partial charge on any atom is 0.223 e. The summed E-state index contributed by atoms with van der Waals surface area (Å²) in [5.41, 5.74) is 0. The van der Waals surface area contributed by atoms with Crippen molar-refractivity contribution in [2.45, 2.75) is 26.7 Å². The molecule has 2 unspecified atom stereocenters. The molecule has 0 aromatic heterocycles. The Labute approximate surface area is 73.7 Å². The molecule has 1 heterocycles. The summed E-state index contributed by atoms with van der Waals surface area (Å²) in [6, 6.07) is 0. The van der Waals surface area contributed by atoms with Crippen LogP contribution in [0.2, 0.25) is 0 Å². The van der Waals surface area contributed by atoms with Gasteiger partial charge < -0.3 is 5.32 Å². The van der Waals surface area contributed by atoms with Crippen LogP contribution in [0.15, 0.2) is 0 Å². The fraction of sp³-hybridized carbons (Fsp3) is 0.900. The largest absolute Gasteiger partial charge is 0.356 e. The summed E-state index contributed by atoms with van der Waals surface area (Å²) in [4.78, 5) is 11.5. The second-order valence-corrected chi connectivity index (χ2v) is 4.47. The Hall–Kier alpha value is -0.530. The lowest BCUT2D eigenvalue weighted by Gasteiger charge is -2.32. The van der Waals surface area contributed by atoms with Crippen LogP contribution in [-0.2, 0) is 4.79 Å². The molecule has 2 heteroatoms. The van der Waals surface area contributed by atoms with E-state index in [1.807, 2.05) is 0 Å². The first-order chi connectivity index (χ1) is 5.70. The first-order valence-electron chi connectivity index (χ1n) is 4.98. The van der Waals surface area contributed by atoms with Crippen LogP contribution in [0.4, 0.5) is 0 Å². The van der Waals surface area contributed by atoms with Crippen LogP contribution in [0.5, 0.6) is 0 Å². The average molecular weight is 167 g/mol. The summed E-state index contributed by atoms with van der Waals surface area (Å²) in [6.07, 6.45) is 2.51. The fourth-order valence-corrected chi connectivity index (χ4v) is 2.86. The van der Waals surface area contributed by atoms with Crippen LogP contribution in [-0.4, -0.2) is 12.5 Å². The minimum atomic E-state index is 0.308. The van der Waals surface area contributed by atoms with Crippen molar-refractivity contribution in [2.24, 2.45) is 23.7 Å². The lowest BCUT2D eigenvalue weighted by atomic mass is 9.79. The molecule has 1 amide bonds. The minimum Gasteiger partial charge on any atom is -0.356 e. The van der Waals surface area contributed by atoms with E-state index in [1.165, 1.54) is 12.8 Å².